The van der Waals surface area contributed by atoms with Crippen LogP contribution in [0.3, 0.4) is 0 Å². The van der Waals surface area contributed by atoms with Crippen molar-refractivity contribution in [2.75, 3.05) is 5.32 Å². The summed E-state index contributed by atoms with van der Waals surface area (Å²) in [4.78, 5) is 11.8. The molecule has 0 radical (unpaired) electrons. The Morgan fingerprint density at radius 1 is 0.938 bits per heavy atom. The maximum Gasteiger partial charge on any atom is 0.143 e. The number of hydrogen-bond acceptors (Lipinski definition) is 4. The zero-order valence-corrected chi connectivity index (χ0v) is 18.7. The van der Waals surface area contributed by atoms with Crippen LogP contribution in [0.5, 0.6) is 0 Å². The highest BCUT2D eigenvalue weighted by atomic mass is 15.3. The van der Waals surface area contributed by atoms with Crippen molar-refractivity contribution in [1.82, 2.24) is 24.7 Å². The van der Waals surface area contributed by atoms with E-state index in [0.29, 0.717) is 0 Å². The van der Waals surface area contributed by atoms with Crippen LogP contribution in [0, 0.1) is 6.92 Å². The quantitative estimate of drug-likeness (QED) is 0.364. The second kappa shape index (κ2) is 7.64. The van der Waals surface area contributed by atoms with Crippen LogP contribution in [0.4, 0.5) is 11.5 Å². The second-order valence-corrected chi connectivity index (χ2v) is 9.08. The van der Waals surface area contributed by atoms with Crippen molar-refractivity contribution >= 4 is 22.5 Å². The first-order chi connectivity index (χ1) is 15.4. The van der Waals surface area contributed by atoms with E-state index >= 15 is 0 Å². The smallest absolute Gasteiger partial charge is 0.143 e. The number of hydrogen-bond donors (Lipinski definition) is 2. The molecule has 2 N–H and O–H groups in total. The molecule has 0 aliphatic carbocycles. The van der Waals surface area contributed by atoms with Gasteiger partial charge in [0.05, 0.1) is 22.5 Å². The number of anilines is 2. The normalized spacial score (nSPS) is 11.8. The number of aromatic amines is 1. The second-order valence-electron chi connectivity index (χ2n) is 9.08. The van der Waals surface area contributed by atoms with E-state index in [1.807, 2.05) is 16.9 Å². The van der Waals surface area contributed by atoms with Crippen molar-refractivity contribution in [1.29, 1.82) is 0 Å². The molecule has 0 bridgehead atoms. The van der Waals surface area contributed by atoms with E-state index in [0.717, 1.165) is 45.2 Å². The summed E-state index contributed by atoms with van der Waals surface area (Å²) >= 11 is 0. The minimum Gasteiger partial charge on any atom is -0.346 e. The van der Waals surface area contributed by atoms with E-state index < -0.39 is 0 Å². The molecule has 32 heavy (non-hydrogen) atoms. The van der Waals surface area contributed by atoms with Crippen LogP contribution in [0.2, 0.25) is 0 Å². The monoisotopic (exact) mass is 422 g/mol. The zero-order valence-electron chi connectivity index (χ0n) is 18.7. The van der Waals surface area contributed by atoms with E-state index in [9.17, 15) is 0 Å². The Kier molecular flexibility index (Phi) is 4.78. The summed E-state index contributed by atoms with van der Waals surface area (Å²) in [5.74, 6) is 0.781. The lowest BCUT2D eigenvalue weighted by Crippen LogP contribution is -2.12. The molecule has 0 atom stereocenters. The highest BCUT2D eigenvalue weighted by Gasteiger charge is 2.21. The third kappa shape index (κ3) is 3.75. The topological polar surface area (TPSA) is 71.4 Å². The molecule has 160 valence electrons. The fourth-order valence-corrected chi connectivity index (χ4v) is 3.74. The number of aromatic nitrogens is 5. The summed E-state index contributed by atoms with van der Waals surface area (Å²) < 4.78 is 2.05. The van der Waals surface area contributed by atoms with Gasteiger partial charge in [-0.05, 0) is 48.9 Å². The van der Waals surface area contributed by atoms with E-state index in [2.05, 4.69) is 103 Å². The predicted octanol–water partition coefficient (Wildman–Crippen LogP) is 6.16. The molecule has 0 saturated carbocycles. The van der Waals surface area contributed by atoms with Gasteiger partial charge in [-0.1, -0.05) is 45.0 Å². The third-order valence-corrected chi connectivity index (χ3v) is 5.52. The first-order valence-electron chi connectivity index (χ1n) is 10.7. The van der Waals surface area contributed by atoms with Gasteiger partial charge < -0.3 is 10.3 Å². The summed E-state index contributed by atoms with van der Waals surface area (Å²) in [5.41, 5.74) is 7.25. The van der Waals surface area contributed by atoms with Crippen molar-refractivity contribution < 1.29 is 0 Å². The minimum atomic E-state index is -0.0414. The van der Waals surface area contributed by atoms with E-state index in [1.165, 1.54) is 5.56 Å². The van der Waals surface area contributed by atoms with Crippen molar-refractivity contribution in [3.8, 4) is 16.9 Å². The van der Waals surface area contributed by atoms with Crippen LogP contribution in [0.15, 0.2) is 73.2 Å². The number of nitrogens with one attached hydrogen (secondary N) is 2. The maximum atomic E-state index is 4.97. The molecule has 6 heteroatoms. The summed E-state index contributed by atoms with van der Waals surface area (Å²) in [6.45, 7) is 8.68. The number of aryl methyl sites for hydroxylation is 1. The molecule has 3 aromatic heterocycles. The van der Waals surface area contributed by atoms with Gasteiger partial charge in [-0.2, -0.15) is 5.10 Å². The first kappa shape index (κ1) is 20.0. The number of benzene rings is 2. The number of fused-ring (bicyclic) bond motifs is 1. The Morgan fingerprint density at radius 3 is 2.50 bits per heavy atom. The third-order valence-electron chi connectivity index (χ3n) is 5.52. The van der Waals surface area contributed by atoms with Crippen LogP contribution in [-0.2, 0) is 5.41 Å². The summed E-state index contributed by atoms with van der Waals surface area (Å²) in [6, 6.07) is 21.0. The fourth-order valence-electron chi connectivity index (χ4n) is 3.74. The average molecular weight is 423 g/mol. The molecule has 0 unspecified atom stereocenters. The van der Waals surface area contributed by atoms with Crippen molar-refractivity contribution in [2.24, 2.45) is 0 Å². The summed E-state index contributed by atoms with van der Waals surface area (Å²) in [7, 11) is 0. The molecular weight excluding hydrogens is 396 g/mol. The Labute approximate surface area is 187 Å². The number of H-pyrrole nitrogens is 1. The molecule has 5 aromatic rings. The summed E-state index contributed by atoms with van der Waals surface area (Å²) in [6.07, 6.45) is 3.43. The molecule has 0 aliphatic heterocycles. The lowest BCUT2D eigenvalue weighted by atomic mass is 9.92. The van der Waals surface area contributed by atoms with Crippen LogP contribution in [-0.4, -0.2) is 24.7 Å². The van der Waals surface area contributed by atoms with Crippen molar-refractivity contribution in [2.45, 2.75) is 33.1 Å². The Balaban J connectivity index is 1.52. The number of rotatable bonds is 4. The fraction of sp³-hybridized carbons (Fsp3) is 0.192. The molecular formula is C26H26N6. The molecule has 5 rings (SSSR count). The van der Waals surface area contributed by atoms with Crippen LogP contribution in [0.1, 0.15) is 32.0 Å². The van der Waals surface area contributed by atoms with Crippen molar-refractivity contribution in [3.05, 3.63) is 84.4 Å². The lowest BCUT2D eigenvalue weighted by Gasteiger charge is -2.14. The Bertz CT molecular complexity index is 1390. The van der Waals surface area contributed by atoms with Gasteiger partial charge in [-0.15, -0.1) is 0 Å². The van der Waals surface area contributed by atoms with Gasteiger partial charge >= 0.3 is 0 Å². The maximum absolute atomic E-state index is 4.97. The summed E-state index contributed by atoms with van der Waals surface area (Å²) in [5, 5.41) is 9.33. The van der Waals surface area contributed by atoms with Gasteiger partial charge in [0, 0.05) is 22.9 Å². The SMILES string of the molecule is Cc1cccc(-n2nc(C(C)(C)C)cc2-c2ccc(Nc3ncnc4[nH]ccc34)cc2)c1. The standard InChI is InChI=1S/C26H26N6/c1-17-6-5-7-20(14-17)32-22(15-23(31-32)26(2,3)4)18-8-10-19(11-9-18)30-25-21-12-13-27-24(21)28-16-29-25/h5-16H,1-4H3,(H2,27,28,29,30). The average Bonchev–Trinajstić information content (AvgIpc) is 3.42. The highest BCUT2D eigenvalue weighted by Crippen LogP contribution is 2.31. The first-order valence-corrected chi connectivity index (χ1v) is 10.7. The van der Waals surface area contributed by atoms with Gasteiger partial charge in [0.25, 0.3) is 0 Å². The van der Waals surface area contributed by atoms with Crippen LogP contribution >= 0.6 is 0 Å². The molecule has 0 amide bonds. The van der Waals surface area contributed by atoms with Gasteiger partial charge in [0.15, 0.2) is 0 Å². The lowest BCUT2D eigenvalue weighted by molar-refractivity contribution is 0.560. The van der Waals surface area contributed by atoms with Gasteiger partial charge in [-0.3, -0.25) is 0 Å². The molecule has 2 aromatic carbocycles. The van der Waals surface area contributed by atoms with Crippen molar-refractivity contribution in [3.63, 3.8) is 0 Å². The van der Waals surface area contributed by atoms with Gasteiger partial charge in [-0.25, -0.2) is 14.6 Å². The largest absolute Gasteiger partial charge is 0.346 e. The van der Waals surface area contributed by atoms with Crippen LogP contribution in [0.25, 0.3) is 28.0 Å². The number of nitrogens with zero attached hydrogens (tertiary/aromatic N) is 4. The van der Waals surface area contributed by atoms with E-state index in [-0.39, 0.29) is 5.41 Å². The predicted molar refractivity (Wildman–Crippen MR) is 130 cm³/mol. The Hall–Kier alpha value is -3.93. The molecule has 0 saturated heterocycles. The van der Waals surface area contributed by atoms with Crippen LogP contribution < -0.4 is 5.32 Å². The molecule has 6 nitrogen and oxygen atoms in total. The van der Waals surface area contributed by atoms with E-state index in [4.69, 9.17) is 5.10 Å². The molecule has 0 aliphatic rings. The minimum absolute atomic E-state index is 0.0414. The van der Waals surface area contributed by atoms with Gasteiger partial charge in [0.2, 0.25) is 0 Å². The van der Waals surface area contributed by atoms with Gasteiger partial charge in [0.1, 0.15) is 17.8 Å². The molecule has 0 spiro atoms. The van der Waals surface area contributed by atoms with E-state index in [1.54, 1.807) is 6.33 Å². The highest BCUT2D eigenvalue weighted by molar-refractivity contribution is 5.88. The Morgan fingerprint density at radius 2 is 1.75 bits per heavy atom. The zero-order chi connectivity index (χ0) is 22.3. The molecule has 3 heterocycles. The molecule has 0 fully saturated rings.